The van der Waals surface area contributed by atoms with Crippen molar-refractivity contribution in [1.82, 2.24) is 9.88 Å². The van der Waals surface area contributed by atoms with Crippen molar-refractivity contribution < 1.29 is 9.90 Å². The lowest BCUT2D eigenvalue weighted by Crippen LogP contribution is -2.25. The molecule has 1 heterocycles. The number of para-hydroxylation sites is 1. The molecule has 4 heteroatoms. The molecule has 2 rings (SSSR count). The highest BCUT2D eigenvalue weighted by molar-refractivity contribution is 5.82. The van der Waals surface area contributed by atoms with Crippen LogP contribution in [0.1, 0.15) is 11.3 Å². The van der Waals surface area contributed by atoms with E-state index in [2.05, 4.69) is 4.98 Å². The molecule has 94 valence electrons. The molecule has 0 unspecified atom stereocenters. The van der Waals surface area contributed by atoms with Crippen LogP contribution in [0.5, 0.6) is 0 Å². The van der Waals surface area contributed by atoms with Crippen LogP contribution in [-0.2, 0) is 11.3 Å². The minimum absolute atomic E-state index is 0.0374. The van der Waals surface area contributed by atoms with Crippen molar-refractivity contribution >= 4 is 16.9 Å². The second-order valence-electron chi connectivity index (χ2n) is 4.51. The van der Waals surface area contributed by atoms with E-state index in [0.717, 1.165) is 22.2 Å². The zero-order chi connectivity index (χ0) is 13.1. The maximum Gasteiger partial charge on any atom is 0.317 e. The Morgan fingerprint density at radius 3 is 2.83 bits per heavy atom. The number of aryl methyl sites for hydroxylation is 1. The molecule has 0 saturated carbocycles. The van der Waals surface area contributed by atoms with Crippen molar-refractivity contribution in [3.05, 3.63) is 41.6 Å². The molecule has 1 aromatic heterocycles. The second kappa shape index (κ2) is 5.14. The number of carbonyl (C=O) groups is 1. The molecule has 0 atom stereocenters. The Hall–Kier alpha value is -1.94. The topological polar surface area (TPSA) is 53.4 Å². The first kappa shape index (κ1) is 12.5. The maximum absolute atomic E-state index is 10.7. The monoisotopic (exact) mass is 244 g/mol. The molecule has 0 saturated heterocycles. The molecule has 0 fully saturated rings. The summed E-state index contributed by atoms with van der Waals surface area (Å²) in [7, 11) is 1.80. The summed E-state index contributed by atoms with van der Waals surface area (Å²) < 4.78 is 0. The van der Waals surface area contributed by atoms with Crippen LogP contribution >= 0.6 is 0 Å². The molecular formula is C14H16N2O2. The molecule has 0 amide bonds. The number of pyridine rings is 1. The van der Waals surface area contributed by atoms with Crippen molar-refractivity contribution in [2.24, 2.45) is 0 Å². The van der Waals surface area contributed by atoms with Crippen LogP contribution < -0.4 is 0 Å². The number of fused-ring (bicyclic) bond motifs is 1. The number of likely N-dealkylation sites (N-methyl/N-ethyl adjacent to an activating group) is 1. The Morgan fingerprint density at radius 2 is 2.11 bits per heavy atom. The number of rotatable bonds is 4. The fraction of sp³-hybridized carbons (Fsp3) is 0.286. The predicted molar refractivity (Wildman–Crippen MR) is 70.4 cm³/mol. The number of nitrogens with zero attached hydrogens (tertiary/aromatic N) is 2. The normalized spacial score (nSPS) is 11.1. The first-order valence-electron chi connectivity index (χ1n) is 5.82. The minimum atomic E-state index is -0.812. The van der Waals surface area contributed by atoms with E-state index in [0.29, 0.717) is 6.54 Å². The van der Waals surface area contributed by atoms with E-state index in [-0.39, 0.29) is 6.54 Å². The summed E-state index contributed by atoms with van der Waals surface area (Å²) in [6, 6.07) is 9.94. The standard InChI is InChI=1S/C14H16N2O2/c1-10-7-11(8-16(2)9-14(17)18)12-5-3-4-6-13(12)15-10/h3-7H,8-9H2,1-2H3,(H,17,18). The van der Waals surface area contributed by atoms with Crippen LogP contribution in [0.25, 0.3) is 10.9 Å². The highest BCUT2D eigenvalue weighted by Gasteiger charge is 2.08. The molecule has 18 heavy (non-hydrogen) atoms. The third-order valence-electron chi connectivity index (χ3n) is 2.78. The van der Waals surface area contributed by atoms with Gasteiger partial charge in [0.15, 0.2) is 0 Å². The minimum Gasteiger partial charge on any atom is -0.480 e. The summed E-state index contributed by atoms with van der Waals surface area (Å²) in [5, 5.41) is 9.86. The molecule has 0 aliphatic carbocycles. The molecular weight excluding hydrogens is 228 g/mol. The number of aromatic nitrogens is 1. The van der Waals surface area contributed by atoms with Crippen molar-refractivity contribution in [3.8, 4) is 0 Å². The number of carboxylic acid groups (broad SMARTS) is 1. The van der Waals surface area contributed by atoms with E-state index in [1.165, 1.54) is 0 Å². The summed E-state index contributed by atoms with van der Waals surface area (Å²) in [5.41, 5.74) is 3.02. The van der Waals surface area contributed by atoms with Gasteiger partial charge in [-0.2, -0.15) is 0 Å². The highest BCUT2D eigenvalue weighted by Crippen LogP contribution is 2.19. The van der Waals surface area contributed by atoms with Crippen LogP contribution in [0.3, 0.4) is 0 Å². The van der Waals surface area contributed by atoms with E-state index in [4.69, 9.17) is 5.11 Å². The summed E-state index contributed by atoms with van der Waals surface area (Å²) in [6.45, 7) is 2.60. The third-order valence-corrected chi connectivity index (χ3v) is 2.78. The fourth-order valence-corrected chi connectivity index (χ4v) is 2.10. The molecule has 0 aliphatic heterocycles. The Bertz CT molecular complexity index is 581. The van der Waals surface area contributed by atoms with E-state index in [1.807, 2.05) is 37.3 Å². The molecule has 0 bridgehead atoms. The third kappa shape index (κ3) is 2.84. The second-order valence-corrected chi connectivity index (χ2v) is 4.51. The quantitative estimate of drug-likeness (QED) is 0.894. The average molecular weight is 244 g/mol. The van der Waals surface area contributed by atoms with E-state index >= 15 is 0 Å². The number of hydrogen-bond donors (Lipinski definition) is 1. The first-order valence-corrected chi connectivity index (χ1v) is 5.82. The van der Waals surface area contributed by atoms with E-state index in [1.54, 1.807) is 11.9 Å². The zero-order valence-electron chi connectivity index (χ0n) is 10.6. The molecule has 2 aromatic rings. The van der Waals surface area contributed by atoms with Crippen molar-refractivity contribution in [2.75, 3.05) is 13.6 Å². The fourth-order valence-electron chi connectivity index (χ4n) is 2.10. The van der Waals surface area contributed by atoms with Crippen LogP contribution in [0, 0.1) is 6.92 Å². The largest absolute Gasteiger partial charge is 0.480 e. The van der Waals surface area contributed by atoms with Gasteiger partial charge in [-0.05, 0) is 31.7 Å². The first-order chi connectivity index (χ1) is 8.56. The zero-order valence-corrected chi connectivity index (χ0v) is 10.6. The summed E-state index contributed by atoms with van der Waals surface area (Å²) >= 11 is 0. The van der Waals surface area contributed by atoms with Crippen molar-refractivity contribution in [2.45, 2.75) is 13.5 Å². The van der Waals surface area contributed by atoms with Crippen molar-refractivity contribution in [1.29, 1.82) is 0 Å². The number of benzene rings is 1. The average Bonchev–Trinajstić information content (AvgIpc) is 2.27. The Balaban J connectivity index is 2.35. The van der Waals surface area contributed by atoms with Gasteiger partial charge in [-0.25, -0.2) is 0 Å². The number of hydrogen-bond acceptors (Lipinski definition) is 3. The van der Waals surface area contributed by atoms with Gasteiger partial charge < -0.3 is 5.11 Å². The Kier molecular flexibility index (Phi) is 3.58. The lowest BCUT2D eigenvalue weighted by molar-refractivity contribution is -0.138. The molecule has 0 aliphatic rings. The number of aliphatic carboxylic acids is 1. The SMILES string of the molecule is Cc1cc(CN(C)CC(=O)O)c2ccccc2n1. The maximum atomic E-state index is 10.7. The lowest BCUT2D eigenvalue weighted by Gasteiger charge is -2.16. The van der Waals surface area contributed by atoms with E-state index < -0.39 is 5.97 Å². The van der Waals surface area contributed by atoms with Crippen LogP contribution in [0.4, 0.5) is 0 Å². The Labute approximate surface area is 106 Å². The lowest BCUT2D eigenvalue weighted by atomic mass is 10.1. The van der Waals surface area contributed by atoms with Crippen LogP contribution in [-0.4, -0.2) is 34.6 Å². The van der Waals surface area contributed by atoms with Crippen molar-refractivity contribution in [3.63, 3.8) is 0 Å². The number of carboxylic acids is 1. The summed E-state index contributed by atoms with van der Waals surface area (Å²) in [5.74, 6) is -0.812. The van der Waals surface area contributed by atoms with Gasteiger partial charge >= 0.3 is 5.97 Å². The predicted octanol–water partition coefficient (Wildman–Crippen LogP) is 2.06. The summed E-state index contributed by atoms with van der Waals surface area (Å²) in [6.07, 6.45) is 0. The molecule has 1 N–H and O–H groups in total. The van der Waals surface area contributed by atoms with Gasteiger partial charge in [-0.1, -0.05) is 18.2 Å². The van der Waals surface area contributed by atoms with Gasteiger partial charge in [0, 0.05) is 17.6 Å². The Morgan fingerprint density at radius 1 is 1.39 bits per heavy atom. The smallest absolute Gasteiger partial charge is 0.317 e. The van der Waals surface area contributed by atoms with Crippen LogP contribution in [0.2, 0.25) is 0 Å². The summed E-state index contributed by atoms with van der Waals surface area (Å²) in [4.78, 5) is 16.9. The molecule has 0 radical (unpaired) electrons. The molecule has 0 spiro atoms. The van der Waals surface area contributed by atoms with Gasteiger partial charge in [0.2, 0.25) is 0 Å². The van der Waals surface area contributed by atoms with Gasteiger partial charge in [-0.15, -0.1) is 0 Å². The van der Waals surface area contributed by atoms with Gasteiger partial charge in [0.05, 0.1) is 12.1 Å². The van der Waals surface area contributed by atoms with Crippen LogP contribution in [0.15, 0.2) is 30.3 Å². The molecule has 4 nitrogen and oxygen atoms in total. The highest BCUT2D eigenvalue weighted by atomic mass is 16.4. The molecule has 1 aromatic carbocycles. The van der Waals surface area contributed by atoms with Gasteiger partial charge in [-0.3, -0.25) is 14.7 Å². The van der Waals surface area contributed by atoms with Gasteiger partial charge in [0.1, 0.15) is 0 Å². The van der Waals surface area contributed by atoms with E-state index in [9.17, 15) is 4.79 Å². The van der Waals surface area contributed by atoms with Gasteiger partial charge in [0.25, 0.3) is 0 Å².